The van der Waals surface area contributed by atoms with Crippen LogP contribution in [0.2, 0.25) is 0 Å². The number of amides is 2. The van der Waals surface area contributed by atoms with Gasteiger partial charge in [0.2, 0.25) is 17.4 Å². The first-order valence-electron chi connectivity index (χ1n) is 7.45. The fraction of sp³-hybridized carbons (Fsp3) is 0.533. The number of rotatable bonds is 5. The van der Waals surface area contributed by atoms with Gasteiger partial charge in [-0.05, 0) is 25.8 Å². The lowest BCUT2D eigenvalue weighted by atomic mass is 9.96. The zero-order valence-electron chi connectivity index (χ0n) is 12.6. The summed E-state index contributed by atoms with van der Waals surface area (Å²) >= 11 is 0. The lowest BCUT2D eigenvalue weighted by molar-refractivity contribution is -0.138. The van der Waals surface area contributed by atoms with Gasteiger partial charge in [-0.25, -0.2) is 0 Å². The zero-order valence-corrected chi connectivity index (χ0v) is 12.6. The summed E-state index contributed by atoms with van der Waals surface area (Å²) in [5.74, 6) is -0.284. The van der Waals surface area contributed by atoms with Crippen molar-refractivity contribution in [3.8, 4) is 0 Å². The molecule has 0 saturated carbocycles. The maximum Gasteiger partial charge on any atom is 0.249 e. The van der Waals surface area contributed by atoms with E-state index in [1.54, 1.807) is 11.0 Å². The largest absolute Gasteiger partial charge is 0.372 e. The van der Waals surface area contributed by atoms with Gasteiger partial charge in [-0.15, -0.1) is 0 Å². The maximum absolute atomic E-state index is 12.2. The van der Waals surface area contributed by atoms with Gasteiger partial charge in [0.15, 0.2) is 0 Å². The number of H-pyrrole nitrogens is 1. The number of carbonyl (C=O) groups is 2. The minimum atomic E-state index is -0.255. The topological polar surface area (TPSA) is 91.5 Å². The second-order valence-corrected chi connectivity index (χ2v) is 5.22. The van der Waals surface area contributed by atoms with Gasteiger partial charge in [0, 0.05) is 43.6 Å². The number of anilines is 1. The first-order chi connectivity index (χ1) is 10.6. The summed E-state index contributed by atoms with van der Waals surface area (Å²) in [7, 11) is 0. The molecule has 2 heterocycles. The van der Waals surface area contributed by atoms with Crippen molar-refractivity contribution in [1.29, 1.82) is 0 Å². The molecule has 2 N–H and O–H groups in total. The molecule has 7 heteroatoms. The first kappa shape index (κ1) is 16.2. The zero-order chi connectivity index (χ0) is 15.9. The highest BCUT2D eigenvalue weighted by Crippen LogP contribution is 2.19. The van der Waals surface area contributed by atoms with E-state index in [0.29, 0.717) is 38.2 Å². The van der Waals surface area contributed by atoms with E-state index in [9.17, 15) is 14.4 Å². The third-order valence-electron chi connectivity index (χ3n) is 3.69. The summed E-state index contributed by atoms with van der Waals surface area (Å²) in [5, 5.41) is 2.74. The van der Waals surface area contributed by atoms with E-state index in [1.165, 1.54) is 12.3 Å². The number of hydrogen-bond donors (Lipinski definition) is 2. The summed E-state index contributed by atoms with van der Waals surface area (Å²) in [5.41, 5.74) is 0.234. The molecule has 0 atom stereocenters. The van der Waals surface area contributed by atoms with Gasteiger partial charge < -0.3 is 19.9 Å². The van der Waals surface area contributed by atoms with Crippen LogP contribution in [0.25, 0.3) is 0 Å². The van der Waals surface area contributed by atoms with Crippen molar-refractivity contribution in [1.82, 2.24) is 9.88 Å². The summed E-state index contributed by atoms with van der Waals surface area (Å²) in [6.07, 6.45) is 2.73. The van der Waals surface area contributed by atoms with E-state index < -0.39 is 0 Å². The Morgan fingerprint density at radius 1 is 1.41 bits per heavy atom. The van der Waals surface area contributed by atoms with Crippen LogP contribution >= 0.6 is 0 Å². The smallest absolute Gasteiger partial charge is 0.249 e. The van der Waals surface area contributed by atoms with Crippen LogP contribution in [-0.4, -0.2) is 48.0 Å². The Labute approximate surface area is 128 Å². The molecule has 2 amide bonds. The number of nitrogens with one attached hydrogen (secondary N) is 2. The molecule has 2 rings (SSSR count). The van der Waals surface area contributed by atoms with Crippen molar-refractivity contribution in [2.45, 2.75) is 19.8 Å². The molecule has 7 nitrogen and oxygen atoms in total. The van der Waals surface area contributed by atoms with Crippen molar-refractivity contribution < 1.29 is 14.3 Å². The Morgan fingerprint density at radius 2 is 2.14 bits per heavy atom. The van der Waals surface area contributed by atoms with Gasteiger partial charge >= 0.3 is 0 Å². The van der Waals surface area contributed by atoms with E-state index in [-0.39, 0.29) is 29.9 Å². The van der Waals surface area contributed by atoms with Gasteiger partial charge in [-0.3, -0.25) is 14.4 Å². The summed E-state index contributed by atoms with van der Waals surface area (Å²) in [4.78, 5) is 39.4. The maximum atomic E-state index is 12.2. The summed E-state index contributed by atoms with van der Waals surface area (Å²) < 4.78 is 5.11. The number of pyridine rings is 1. The molecule has 0 radical (unpaired) electrons. The van der Waals surface area contributed by atoms with Crippen molar-refractivity contribution in [2.24, 2.45) is 5.92 Å². The number of carbonyl (C=O) groups excluding carboxylic acids is 2. The molecule has 1 aromatic heterocycles. The molecular formula is C15H21N3O4. The Hall–Kier alpha value is -2.15. The monoisotopic (exact) mass is 307 g/mol. The minimum absolute atomic E-state index is 0.0321. The predicted molar refractivity (Wildman–Crippen MR) is 81.5 cm³/mol. The molecular weight excluding hydrogens is 286 g/mol. The standard InChI is InChI=1S/C15H21N3O4/c1-2-22-10-14(20)18-7-4-11(5-8-18)15(21)17-12-3-6-16-13(19)9-12/h3,6,9,11H,2,4-5,7-8,10H2,1H3,(H2,16,17,19,21). The van der Waals surface area contributed by atoms with E-state index >= 15 is 0 Å². The first-order valence-corrected chi connectivity index (χ1v) is 7.45. The fourth-order valence-corrected chi connectivity index (χ4v) is 2.44. The van der Waals surface area contributed by atoms with Crippen LogP contribution in [0, 0.1) is 5.92 Å². The molecule has 1 aliphatic heterocycles. The normalized spacial score (nSPS) is 15.6. The van der Waals surface area contributed by atoms with Gasteiger partial charge in [0.1, 0.15) is 6.61 Å². The Kier molecular flexibility index (Phi) is 5.71. The van der Waals surface area contributed by atoms with Crippen LogP contribution in [0.4, 0.5) is 5.69 Å². The van der Waals surface area contributed by atoms with Crippen molar-refractivity contribution >= 4 is 17.5 Å². The molecule has 1 fully saturated rings. The van der Waals surface area contributed by atoms with Gasteiger partial charge in [0.05, 0.1) is 0 Å². The molecule has 0 aromatic carbocycles. The molecule has 0 spiro atoms. The number of aromatic nitrogens is 1. The molecule has 1 saturated heterocycles. The molecule has 0 bridgehead atoms. The molecule has 1 aromatic rings. The van der Waals surface area contributed by atoms with Crippen molar-refractivity contribution in [2.75, 3.05) is 31.6 Å². The number of likely N-dealkylation sites (tertiary alicyclic amines) is 1. The molecule has 0 aliphatic carbocycles. The minimum Gasteiger partial charge on any atom is -0.372 e. The van der Waals surface area contributed by atoms with Crippen LogP contribution in [0.3, 0.4) is 0 Å². The van der Waals surface area contributed by atoms with Crippen LogP contribution < -0.4 is 10.9 Å². The third kappa shape index (κ3) is 4.42. The van der Waals surface area contributed by atoms with Gasteiger partial charge in [-0.2, -0.15) is 0 Å². The highest BCUT2D eigenvalue weighted by Gasteiger charge is 2.27. The highest BCUT2D eigenvalue weighted by molar-refractivity contribution is 5.92. The second kappa shape index (κ2) is 7.74. The van der Waals surface area contributed by atoms with Crippen LogP contribution in [0.5, 0.6) is 0 Å². The van der Waals surface area contributed by atoms with Crippen LogP contribution in [0.1, 0.15) is 19.8 Å². The van der Waals surface area contributed by atoms with E-state index in [4.69, 9.17) is 4.74 Å². The highest BCUT2D eigenvalue weighted by atomic mass is 16.5. The number of piperidine rings is 1. The Balaban J connectivity index is 1.82. The van der Waals surface area contributed by atoms with E-state index in [0.717, 1.165) is 0 Å². The number of aromatic amines is 1. The third-order valence-corrected chi connectivity index (χ3v) is 3.69. The van der Waals surface area contributed by atoms with Crippen molar-refractivity contribution in [3.05, 3.63) is 28.7 Å². The lowest BCUT2D eigenvalue weighted by Gasteiger charge is -2.31. The SMILES string of the molecule is CCOCC(=O)N1CCC(C(=O)Nc2cc[nH]c(=O)c2)CC1. The van der Waals surface area contributed by atoms with E-state index in [2.05, 4.69) is 10.3 Å². The quantitative estimate of drug-likeness (QED) is 0.833. The predicted octanol–water partition coefficient (Wildman–Crippen LogP) is 0.588. The Bertz CT molecular complexity index is 576. The van der Waals surface area contributed by atoms with Crippen molar-refractivity contribution in [3.63, 3.8) is 0 Å². The summed E-state index contributed by atoms with van der Waals surface area (Å²) in [6.45, 7) is 3.57. The summed E-state index contributed by atoms with van der Waals surface area (Å²) in [6, 6.07) is 2.98. The average molecular weight is 307 g/mol. The number of hydrogen-bond acceptors (Lipinski definition) is 4. The number of ether oxygens (including phenoxy) is 1. The number of nitrogens with zero attached hydrogens (tertiary/aromatic N) is 1. The average Bonchev–Trinajstić information content (AvgIpc) is 2.52. The fourth-order valence-electron chi connectivity index (χ4n) is 2.44. The lowest BCUT2D eigenvalue weighted by Crippen LogP contribution is -2.43. The molecule has 120 valence electrons. The van der Waals surface area contributed by atoms with Crippen LogP contribution in [-0.2, 0) is 14.3 Å². The molecule has 0 unspecified atom stereocenters. The van der Waals surface area contributed by atoms with Crippen LogP contribution in [0.15, 0.2) is 23.1 Å². The van der Waals surface area contributed by atoms with Gasteiger partial charge in [0.25, 0.3) is 0 Å². The van der Waals surface area contributed by atoms with Gasteiger partial charge in [-0.1, -0.05) is 0 Å². The molecule has 22 heavy (non-hydrogen) atoms. The second-order valence-electron chi connectivity index (χ2n) is 5.22. The molecule has 1 aliphatic rings. The van der Waals surface area contributed by atoms with E-state index in [1.807, 2.05) is 6.92 Å². The Morgan fingerprint density at radius 3 is 2.77 bits per heavy atom.